The number of benzene rings is 1. The second-order valence-electron chi connectivity index (χ2n) is 13.3. The largest absolute Gasteiger partial charge is 0.461 e. The Hall–Kier alpha value is -3.64. The van der Waals surface area contributed by atoms with Gasteiger partial charge in [-0.05, 0) is 69.5 Å². The van der Waals surface area contributed by atoms with E-state index in [4.69, 9.17) is 26.3 Å². The van der Waals surface area contributed by atoms with Crippen molar-refractivity contribution in [3.63, 3.8) is 0 Å². The molecule has 9 rings (SSSR count). The van der Waals surface area contributed by atoms with Crippen LogP contribution in [0.2, 0.25) is 5.02 Å². The summed E-state index contributed by atoms with van der Waals surface area (Å²) < 4.78 is 37.9. The van der Waals surface area contributed by atoms with Crippen LogP contribution in [0.4, 0.5) is 14.6 Å². The van der Waals surface area contributed by atoms with Crippen molar-refractivity contribution in [3.05, 3.63) is 34.9 Å². The summed E-state index contributed by atoms with van der Waals surface area (Å²) in [5.74, 6) is -0.0535. The molecule has 6 bridgehead atoms. The Kier molecular flexibility index (Phi) is 7.67. The van der Waals surface area contributed by atoms with Gasteiger partial charge < -0.3 is 15.0 Å². The molecule has 0 unspecified atom stereocenters. The lowest BCUT2D eigenvalue weighted by Crippen LogP contribution is -2.44. The molecule has 3 fully saturated rings. The van der Waals surface area contributed by atoms with Gasteiger partial charge >= 0.3 is 6.01 Å². The third kappa shape index (κ3) is 5.23. The van der Waals surface area contributed by atoms with Gasteiger partial charge in [0.15, 0.2) is 5.82 Å². The Labute approximate surface area is 270 Å². The first-order chi connectivity index (χ1) is 22.4. The number of alkyl halides is 1. The maximum atomic E-state index is 17.0. The number of nitrogens with zero attached hydrogens (tertiary/aromatic N) is 6. The average Bonchev–Trinajstić information content (AvgIpc) is 3.68. The number of halogens is 3. The zero-order chi connectivity index (χ0) is 31.4. The third-order valence-electron chi connectivity index (χ3n) is 10.3. The maximum absolute atomic E-state index is 17.0. The number of amides is 1. The minimum Gasteiger partial charge on any atom is -0.461 e. The number of nitrogens with one attached hydrogen (secondary N) is 2. The summed E-state index contributed by atoms with van der Waals surface area (Å²) in [7, 11) is 0. The van der Waals surface area contributed by atoms with Gasteiger partial charge in [0.25, 0.3) is 0 Å². The van der Waals surface area contributed by atoms with E-state index < -0.39 is 17.5 Å². The summed E-state index contributed by atoms with van der Waals surface area (Å²) in [4.78, 5) is 31.5. The van der Waals surface area contributed by atoms with E-state index in [9.17, 15) is 9.18 Å². The Morgan fingerprint density at radius 2 is 1.96 bits per heavy atom. The summed E-state index contributed by atoms with van der Waals surface area (Å²) >= 11 is 6.82. The second-order valence-corrected chi connectivity index (χ2v) is 13.7. The van der Waals surface area contributed by atoms with Crippen molar-refractivity contribution in [1.82, 2.24) is 35.4 Å². The molecule has 13 heteroatoms. The van der Waals surface area contributed by atoms with Crippen LogP contribution in [0.1, 0.15) is 63.4 Å². The van der Waals surface area contributed by atoms with Gasteiger partial charge in [-0.2, -0.15) is 15.1 Å². The number of hydrogen-bond acceptors (Lipinski definition) is 8. The van der Waals surface area contributed by atoms with Crippen LogP contribution in [0.15, 0.2) is 18.5 Å². The highest BCUT2D eigenvalue weighted by Gasteiger charge is 2.49. The number of ether oxygens (including phenoxy) is 1. The van der Waals surface area contributed by atoms with Gasteiger partial charge in [0.2, 0.25) is 5.91 Å². The molecule has 1 amide bonds. The van der Waals surface area contributed by atoms with Crippen LogP contribution >= 0.6 is 11.6 Å². The Bertz CT molecular complexity index is 1820. The van der Waals surface area contributed by atoms with Gasteiger partial charge in [0.1, 0.15) is 29.8 Å². The molecule has 0 saturated carbocycles. The monoisotopic (exact) mass is 650 g/mol. The maximum Gasteiger partial charge on any atom is 0.319 e. The average molecular weight is 651 g/mol. The number of fused-ring (bicyclic) bond motifs is 8. The van der Waals surface area contributed by atoms with Crippen molar-refractivity contribution in [2.75, 3.05) is 37.7 Å². The fraction of sp³-hybridized carbons (Fsp3) is 0.545. The van der Waals surface area contributed by atoms with Gasteiger partial charge in [0.05, 0.1) is 22.6 Å². The van der Waals surface area contributed by atoms with Gasteiger partial charge in [-0.3, -0.25) is 19.8 Å². The quantitative estimate of drug-likeness (QED) is 0.298. The highest BCUT2D eigenvalue weighted by Crippen LogP contribution is 2.42. The third-order valence-corrected chi connectivity index (χ3v) is 10.7. The Morgan fingerprint density at radius 3 is 2.87 bits per heavy atom. The smallest absolute Gasteiger partial charge is 0.319 e. The number of aromatic amines is 1. The number of carbonyl (C=O) groups excluding carboxylic acids is 1. The minimum absolute atomic E-state index is 0.0200. The zero-order valence-corrected chi connectivity index (χ0v) is 26.4. The van der Waals surface area contributed by atoms with E-state index in [-0.39, 0.29) is 35.8 Å². The van der Waals surface area contributed by atoms with Crippen molar-refractivity contribution in [1.29, 1.82) is 0 Å². The van der Waals surface area contributed by atoms with Crippen molar-refractivity contribution in [3.8, 4) is 17.3 Å². The normalized spacial score (nSPS) is 25.6. The molecule has 1 aromatic carbocycles. The van der Waals surface area contributed by atoms with Gasteiger partial charge in [-0.25, -0.2) is 8.78 Å². The summed E-state index contributed by atoms with van der Waals surface area (Å²) in [6.07, 6.45) is 9.59. The first kappa shape index (κ1) is 29.7. The van der Waals surface area contributed by atoms with Crippen LogP contribution in [0.25, 0.3) is 33.1 Å². The molecule has 0 spiro atoms. The predicted octanol–water partition coefficient (Wildman–Crippen LogP) is 5.52. The topological polar surface area (TPSA) is 112 Å². The SMILES string of the molecule is O=C1CCCCc2c(Cl)cc3[nH]ncc3c2-c2ncc3c(nc(OC[C@@]45CCCN4C[C@H](F)C5)nc3c2F)N2CCCC[C@H](C2)N1. The molecule has 5 aliphatic heterocycles. The van der Waals surface area contributed by atoms with Crippen molar-refractivity contribution < 1.29 is 18.3 Å². The predicted molar refractivity (Wildman–Crippen MR) is 171 cm³/mol. The van der Waals surface area contributed by atoms with E-state index in [2.05, 4.69) is 30.3 Å². The number of rotatable bonds is 3. The number of carbonyl (C=O) groups is 1. The van der Waals surface area contributed by atoms with E-state index >= 15 is 4.39 Å². The summed E-state index contributed by atoms with van der Waals surface area (Å²) in [5, 5.41) is 12.0. The second kappa shape index (κ2) is 11.9. The zero-order valence-electron chi connectivity index (χ0n) is 25.6. The molecule has 8 heterocycles. The van der Waals surface area contributed by atoms with E-state index in [1.54, 1.807) is 18.5 Å². The van der Waals surface area contributed by atoms with E-state index in [1.165, 1.54) is 0 Å². The molecule has 3 saturated heterocycles. The lowest BCUT2D eigenvalue weighted by molar-refractivity contribution is -0.121. The molecule has 242 valence electrons. The Morgan fingerprint density at radius 1 is 1.07 bits per heavy atom. The molecule has 4 aromatic rings. The Balaban J connectivity index is 1.30. The minimum atomic E-state index is -0.897. The first-order valence-electron chi connectivity index (χ1n) is 16.5. The molecule has 0 radical (unpaired) electrons. The lowest BCUT2D eigenvalue weighted by Gasteiger charge is -2.31. The standard InChI is InChI=1S/C33H37ClF2N8O2/c34-24-12-25-22(15-38-42-25)27-21(24)7-1-2-8-26(45)39-20-6-3-4-10-43(17-20)31-23-14-37-30(27)28(36)29(23)40-32(41-31)46-18-33-9-5-11-44(33)16-19(35)13-33/h12,14-15,19-20H,1-11,13,16-18H2,(H,38,42)(H,39,45)/t19-,20-,33+/m1/s1. The molecule has 2 N–H and O–H groups in total. The number of hydrogen-bond donors (Lipinski definition) is 2. The van der Waals surface area contributed by atoms with Gasteiger partial charge in [-0.15, -0.1) is 0 Å². The molecule has 3 atom stereocenters. The molecule has 10 nitrogen and oxygen atoms in total. The molecule has 46 heavy (non-hydrogen) atoms. The number of pyridine rings is 1. The lowest BCUT2D eigenvalue weighted by atomic mass is 9.94. The summed E-state index contributed by atoms with van der Waals surface area (Å²) in [6.45, 7) is 2.67. The van der Waals surface area contributed by atoms with Crippen molar-refractivity contribution >= 4 is 45.1 Å². The first-order valence-corrected chi connectivity index (χ1v) is 16.8. The number of H-pyrrole nitrogens is 1. The molecular weight excluding hydrogens is 614 g/mol. The van der Waals surface area contributed by atoms with Crippen LogP contribution in [-0.4, -0.2) is 86.5 Å². The van der Waals surface area contributed by atoms with Crippen LogP contribution in [0, 0.1) is 5.82 Å². The van der Waals surface area contributed by atoms with Gasteiger partial charge in [0, 0.05) is 60.7 Å². The summed E-state index contributed by atoms with van der Waals surface area (Å²) in [5.41, 5.74) is 1.80. The van der Waals surface area contributed by atoms with Gasteiger partial charge in [-0.1, -0.05) is 11.6 Å². The molecule has 0 aliphatic carbocycles. The highest BCUT2D eigenvalue weighted by molar-refractivity contribution is 6.33. The van der Waals surface area contributed by atoms with Crippen LogP contribution in [0.5, 0.6) is 6.01 Å². The van der Waals surface area contributed by atoms with Crippen LogP contribution < -0.4 is 15.0 Å². The molecule has 3 aromatic heterocycles. The fourth-order valence-corrected chi connectivity index (χ4v) is 8.40. The van der Waals surface area contributed by atoms with E-state index in [1.807, 2.05) is 0 Å². The van der Waals surface area contributed by atoms with E-state index in [0.29, 0.717) is 84.4 Å². The van der Waals surface area contributed by atoms with E-state index in [0.717, 1.165) is 44.2 Å². The molecule has 5 aliphatic rings. The molecular formula is C33H37ClF2N8O2. The number of aromatic nitrogens is 5. The van der Waals surface area contributed by atoms with Crippen LogP contribution in [-0.2, 0) is 11.2 Å². The van der Waals surface area contributed by atoms with Crippen molar-refractivity contribution in [2.45, 2.75) is 82.0 Å². The highest BCUT2D eigenvalue weighted by atomic mass is 35.5. The van der Waals surface area contributed by atoms with Crippen LogP contribution in [0.3, 0.4) is 0 Å². The summed E-state index contributed by atoms with van der Waals surface area (Å²) in [6, 6.07) is 1.77. The van der Waals surface area contributed by atoms with Crippen molar-refractivity contribution in [2.24, 2.45) is 0 Å². The fourth-order valence-electron chi connectivity index (χ4n) is 8.10. The number of anilines is 1.